The number of benzene rings is 2. The summed E-state index contributed by atoms with van der Waals surface area (Å²) in [6, 6.07) is 15.0. The Labute approximate surface area is 172 Å². The maximum absolute atomic E-state index is 13.5. The summed E-state index contributed by atoms with van der Waals surface area (Å²) >= 11 is 0. The molecule has 0 saturated heterocycles. The van der Waals surface area contributed by atoms with Crippen LogP contribution in [0.15, 0.2) is 54.6 Å². The molecule has 0 atom stereocenters. The van der Waals surface area contributed by atoms with Gasteiger partial charge in [0.1, 0.15) is 12.4 Å². The van der Waals surface area contributed by atoms with Crippen LogP contribution in [0.5, 0.6) is 5.88 Å². The van der Waals surface area contributed by atoms with E-state index >= 15 is 0 Å². The van der Waals surface area contributed by atoms with Crippen molar-refractivity contribution < 1.29 is 13.9 Å². The number of hydrogen-bond donors (Lipinski definition) is 1. The highest BCUT2D eigenvalue weighted by Gasteiger charge is 2.11. The molecule has 0 fully saturated rings. The number of fused-ring (bicyclic) bond motifs is 1. The maximum Gasteiger partial charge on any atom is 0.251 e. The Morgan fingerprint density at radius 2 is 1.93 bits per heavy atom. The molecule has 0 radical (unpaired) electrons. The molecular weight excluding hydrogens is 385 g/mol. The van der Waals surface area contributed by atoms with Crippen molar-refractivity contribution in [1.82, 2.24) is 25.1 Å². The fourth-order valence-electron chi connectivity index (χ4n) is 2.96. The molecule has 1 N–H and O–H groups in total. The van der Waals surface area contributed by atoms with Gasteiger partial charge in [-0.1, -0.05) is 18.2 Å². The molecule has 152 valence electrons. The summed E-state index contributed by atoms with van der Waals surface area (Å²) in [7, 11) is 0. The molecule has 0 aliphatic rings. The molecule has 4 rings (SSSR count). The number of rotatable bonds is 6. The number of hydrogen-bond acceptors (Lipinski definition) is 5. The Morgan fingerprint density at radius 1 is 1.07 bits per heavy atom. The van der Waals surface area contributed by atoms with Crippen molar-refractivity contribution in [2.24, 2.45) is 0 Å². The molecule has 0 aliphatic heterocycles. The SMILES string of the molecule is Cc1ccc(C(=O)NCCOc2ccc3nnc(-c4cccc(F)c4)n3n2)cc1C. The zero-order valence-electron chi connectivity index (χ0n) is 16.6. The van der Waals surface area contributed by atoms with E-state index in [-0.39, 0.29) is 18.3 Å². The van der Waals surface area contributed by atoms with Crippen molar-refractivity contribution in [3.63, 3.8) is 0 Å². The van der Waals surface area contributed by atoms with E-state index in [0.29, 0.717) is 35.0 Å². The third-order valence-electron chi connectivity index (χ3n) is 4.73. The summed E-state index contributed by atoms with van der Waals surface area (Å²) in [6.07, 6.45) is 0. The van der Waals surface area contributed by atoms with E-state index in [1.54, 1.807) is 30.3 Å². The minimum Gasteiger partial charge on any atom is -0.475 e. The third-order valence-corrected chi connectivity index (χ3v) is 4.73. The van der Waals surface area contributed by atoms with Crippen molar-refractivity contribution in [3.05, 3.63) is 77.1 Å². The van der Waals surface area contributed by atoms with Crippen LogP contribution >= 0.6 is 0 Å². The van der Waals surface area contributed by atoms with Gasteiger partial charge in [-0.15, -0.1) is 15.3 Å². The minimum atomic E-state index is -0.365. The number of nitrogens with zero attached hydrogens (tertiary/aromatic N) is 4. The highest BCUT2D eigenvalue weighted by Crippen LogP contribution is 2.19. The predicted molar refractivity (Wildman–Crippen MR) is 110 cm³/mol. The average Bonchev–Trinajstić information content (AvgIpc) is 3.16. The van der Waals surface area contributed by atoms with Gasteiger partial charge in [0.2, 0.25) is 5.88 Å². The van der Waals surface area contributed by atoms with E-state index in [0.717, 1.165) is 11.1 Å². The summed E-state index contributed by atoms with van der Waals surface area (Å²) in [5.41, 5.74) is 3.90. The van der Waals surface area contributed by atoms with Gasteiger partial charge in [-0.05, 0) is 55.3 Å². The topological polar surface area (TPSA) is 81.4 Å². The van der Waals surface area contributed by atoms with E-state index in [1.165, 1.54) is 16.6 Å². The van der Waals surface area contributed by atoms with Crippen molar-refractivity contribution in [3.8, 4) is 17.3 Å². The number of ether oxygens (including phenoxy) is 1. The molecule has 1 amide bonds. The second kappa shape index (κ2) is 8.28. The van der Waals surface area contributed by atoms with Gasteiger partial charge < -0.3 is 10.1 Å². The average molecular weight is 405 g/mol. The molecule has 30 heavy (non-hydrogen) atoms. The number of nitrogens with one attached hydrogen (secondary N) is 1. The maximum atomic E-state index is 13.5. The number of carbonyl (C=O) groups is 1. The molecule has 0 aliphatic carbocycles. The fraction of sp³-hybridized carbons (Fsp3) is 0.182. The predicted octanol–water partition coefficient (Wildman–Crippen LogP) is 3.36. The largest absolute Gasteiger partial charge is 0.475 e. The van der Waals surface area contributed by atoms with E-state index in [9.17, 15) is 9.18 Å². The first-order chi connectivity index (χ1) is 14.5. The van der Waals surface area contributed by atoms with Crippen molar-refractivity contribution in [2.75, 3.05) is 13.2 Å². The smallest absolute Gasteiger partial charge is 0.251 e. The van der Waals surface area contributed by atoms with Gasteiger partial charge in [-0.2, -0.15) is 4.52 Å². The number of aromatic nitrogens is 4. The standard InChI is InChI=1S/C22H20FN5O2/c1-14-6-7-17(12-15(14)2)22(29)24-10-11-30-20-9-8-19-25-26-21(28(19)27-20)16-4-3-5-18(23)13-16/h3-9,12-13H,10-11H2,1-2H3,(H,24,29). The lowest BCUT2D eigenvalue weighted by atomic mass is 10.1. The van der Waals surface area contributed by atoms with Gasteiger partial charge in [0.25, 0.3) is 5.91 Å². The first-order valence-electron chi connectivity index (χ1n) is 9.48. The molecule has 0 unspecified atom stereocenters. The van der Waals surface area contributed by atoms with Crippen molar-refractivity contribution in [1.29, 1.82) is 0 Å². The molecule has 0 bridgehead atoms. The normalized spacial score (nSPS) is 10.9. The fourth-order valence-corrected chi connectivity index (χ4v) is 2.96. The van der Waals surface area contributed by atoms with Crippen LogP contribution in [0, 0.1) is 19.7 Å². The lowest BCUT2D eigenvalue weighted by Crippen LogP contribution is -2.28. The van der Waals surface area contributed by atoms with Gasteiger partial charge in [-0.3, -0.25) is 4.79 Å². The number of carbonyl (C=O) groups excluding carboxylic acids is 1. The molecule has 4 aromatic rings. The van der Waals surface area contributed by atoms with Gasteiger partial charge in [0.15, 0.2) is 11.5 Å². The second-order valence-electron chi connectivity index (χ2n) is 6.88. The Kier molecular flexibility index (Phi) is 5.38. The van der Waals surface area contributed by atoms with Crippen LogP contribution in [0.1, 0.15) is 21.5 Å². The summed E-state index contributed by atoms with van der Waals surface area (Å²) in [4.78, 5) is 12.3. The Morgan fingerprint density at radius 3 is 2.73 bits per heavy atom. The first kappa shape index (κ1) is 19.5. The lowest BCUT2D eigenvalue weighted by Gasteiger charge is -2.09. The summed E-state index contributed by atoms with van der Waals surface area (Å²) < 4.78 is 20.7. The second-order valence-corrected chi connectivity index (χ2v) is 6.88. The Bertz CT molecular complexity index is 1220. The lowest BCUT2D eigenvalue weighted by molar-refractivity contribution is 0.0946. The molecule has 0 saturated carbocycles. The highest BCUT2D eigenvalue weighted by molar-refractivity contribution is 5.94. The van der Waals surface area contributed by atoms with E-state index in [1.807, 2.05) is 26.0 Å². The van der Waals surface area contributed by atoms with Crippen LogP contribution in [-0.4, -0.2) is 38.9 Å². The molecule has 2 aromatic heterocycles. The first-order valence-corrected chi connectivity index (χ1v) is 9.48. The highest BCUT2D eigenvalue weighted by atomic mass is 19.1. The number of halogens is 1. The molecule has 7 nitrogen and oxygen atoms in total. The number of amides is 1. The number of aryl methyl sites for hydroxylation is 2. The summed E-state index contributed by atoms with van der Waals surface area (Å²) in [6.45, 7) is 4.54. The zero-order valence-corrected chi connectivity index (χ0v) is 16.6. The zero-order chi connectivity index (χ0) is 21.1. The van der Waals surface area contributed by atoms with Crippen LogP contribution in [0.2, 0.25) is 0 Å². The van der Waals surface area contributed by atoms with Crippen LogP contribution in [0.4, 0.5) is 4.39 Å². The quantitative estimate of drug-likeness (QED) is 0.498. The molecular formula is C22H20FN5O2. The molecule has 2 heterocycles. The van der Waals surface area contributed by atoms with Crippen LogP contribution in [-0.2, 0) is 0 Å². The summed E-state index contributed by atoms with van der Waals surface area (Å²) in [5.74, 6) is 0.242. The van der Waals surface area contributed by atoms with Crippen molar-refractivity contribution in [2.45, 2.75) is 13.8 Å². The van der Waals surface area contributed by atoms with Gasteiger partial charge in [-0.25, -0.2) is 4.39 Å². The van der Waals surface area contributed by atoms with Crippen LogP contribution in [0.3, 0.4) is 0 Å². The van der Waals surface area contributed by atoms with Crippen LogP contribution in [0.25, 0.3) is 17.0 Å². The van der Waals surface area contributed by atoms with Gasteiger partial charge >= 0.3 is 0 Å². The van der Waals surface area contributed by atoms with Gasteiger partial charge in [0.05, 0.1) is 6.54 Å². The molecule has 2 aromatic carbocycles. The van der Waals surface area contributed by atoms with E-state index in [4.69, 9.17) is 4.74 Å². The third kappa shape index (κ3) is 4.12. The monoisotopic (exact) mass is 405 g/mol. The molecule has 0 spiro atoms. The summed E-state index contributed by atoms with van der Waals surface area (Å²) in [5, 5.41) is 15.3. The Hall–Kier alpha value is -3.81. The van der Waals surface area contributed by atoms with E-state index < -0.39 is 0 Å². The van der Waals surface area contributed by atoms with Gasteiger partial charge in [0, 0.05) is 17.2 Å². The van der Waals surface area contributed by atoms with Crippen LogP contribution < -0.4 is 10.1 Å². The Balaban J connectivity index is 1.40. The molecule has 8 heteroatoms. The minimum absolute atomic E-state index is 0.155. The van der Waals surface area contributed by atoms with E-state index in [2.05, 4.69) is 20.6 Å². The van der Waals surface area contributed by atoms with Crippen molar-refractivity contribution >= 4 is 11.6 Å².